The summed E-state index contributed by atoms with van der Waals surface area (Å²) in [6, 6.07) is 1.26. The van der Waals surface area contributed by atoms with E-state index in [1.54, 1.807) is 13.0 Å². The molecule has 1 atom stereocenters. The van der Waals surface area contributed by atoms with Gasteiger partial charge in [0.25, 0.3) is 0 Å². The summed E-state index contributed by atoms with van der Waals surface area (Å²) >= 11 is 0. The third-order valence-electron chi connectivity index (χ3n) is 3.16. The molecule has 0 radical (unpaired) electrons. The van der Waals surface area contributed by atoms with Crippen molar-refractivity contribution in [3.05, 3.63) is 58.9 Å². The van der Waals surface area contributed by atoms with E-state index in [0.29, 0.717) is 23.7 Å². The molecular weight excluding hydrogens is 325 g/mol. The number of benzene rings is 1. The average molecular weight is 340 g/mol. The van der Waals surface area contributed by atoms with Gasteiger partial charge in [0.05, 0.1) is 24.9 Å². The molecule has 9 heteroatoms. The van der Waals surface area contributed by atoms with Crippen LogP contribution in [0, 0.1) is 24.4 Å². The summed E-state index contributed by atoms with van der Waals surface area (Å²) in [7, 11) is 0. The quantitative estimate of drug-likeness (QED) is 0.724. The summed E-state index contributed by atoms with van der Waals surface area (Å²) in [6.45, 7) is 1.17. The molecule has 0 aliphatic heterocycles. The Kier molecular flexibility index (Phi) is 5.69. The lowest BCUT2D eigenvalue weighted by Crippen LogP contribution is -2.39. The predicted octanol–water partition coefficient (Wildman–Crippen LogP) is 1.74. The number of aryl methyl sites for hydroxylation is 1. The van der Waals surface area contributed by atoms with Gasteiger partial charge in [0, 0.05) is 6.20 Å². The minimum absolute atomic E-state index is 0.0954. The van der Waals surface area contributed by atoms with Gasteiger partial charge in [-0.3, -0.25) is 0 Å². The van der Waals surface area contributed by atoms with Crippen LogP contribution < -0.4 is 10.6 Å². The summed E-state index contributed by atoms with van der Waals surface area (Å²) in [6.07, 6.45) is 1.54. The second kappa shape index (κ2) is 7.73. The number of urea groups is 1. The fourth-order valence-corrected chi connectivity index (χ4v) is 1.99. The predicted molar refractivity (Wildman–Crippen MR) is 78.3 cm³/mol. The molecule has 0 bridgehead atoms. The number of amides is 2. The number of hydrogen-bond donors (Lipinski definition) is 3. The fourth-order valence-electron chi connectivity index (χ4n) is 1.99. The van der Waals surface area contributed by atoms with Crippen LogP contribution in [0.2, 0.25) is 0 Å². The van der Waals surface area contributed by atoms with E-state index in [9.17, 15) is 23.1 Å². The highest BCUT2D eigenvalue weighted by molar-refractivity contribution is 5.74. The van der Waals surface area contributed by atoms with Crippen LogP contribution in [-0.4, -0.2) is 27.7 Å². The van der Waals surface area contributed by atoms with Crippen LogP contribution in [0.4, 0.5) is 18.0 Å². The lowest BCUT2D eigenvalue weighted by molar-refractivity contribution is 0.216. The zero-order chi connectivity index (χ0) is 17.7. The number of aliphatic hydroxyl groups is 1. The van der Waals surface area contributed by atoms with Gasteiger partial charge in [-0.05, 0) is 30.7 Å². The second-order valence-corrected chi connectivity index (χ2v) is 4.96. The standard InChI is InChI=1S/C15H15F3N4O2/c1-8-19-3-2-10(21-8)6-20-15(24)22-13(7-23)9-4-11(16)14(18)12(17)5-9/h2-5,13,23H,6-7H2,1H3,(H2,20,22,24). The summed E-state index contributed by atoms with van der Waals surface area (Å²) in [5.74, 6) is -3.87. The van der Waals surface area contributed by atoms with Gasteiger partial charge in [-0.15, -0.1) is 0 Å². The Labute approximate surface area is 135 Å². The van der Waals surface area contributed by atoms with Crippen LogP contribution in [0.3, 0.4) is 0 Å². The first-order chi connectivity index (χ1) is 11.4. The van der Waals surface area contributed by atoms with Crippen molar-refractivity contribution in [2.24, 2.45) is 0 Å². The third-order valence-corrected chi connectivity index (χ3v) is 3.16. The van der Waals surface area contributed by atoms with Crippen LogP contribution in [0.25, 0.3) is 0 Å². The van der Waals surface area contributed by atoms with Crippen LogP contribution in [-0.2, 0) is 6.54 Å². The van der Waals surface area contributed by atoms with E-state index in [2.05, 4.69) is 20.6 Å². The lowest BCUT2D eigenvalue weighted by Gasteiger charge is -2.17. The number of rotatable bonds is 5. The van der Waals surface area contributed by atoms with E-state index in [1.807, 2.05) is 0 Å². The molecule has 1 heterocycles. The fraction of sp³-hybridized carbons (Fsp3) is 0.267. The highest BCUT2D eigenvalue weighted by Gasteiger charge is 2.18. The Morgan fingerprint density at radius 2 is 1.96 bits per heavy atom. The molecule has 3 N–H and O–H groups in total. The maximum absolute atomic E-state index is 13.2. The number of aliphatic hydroxyl groups excluding tert-OH is 1. The first kappa shape index (κ1) is 17.7. The van der Waals surface area contributed by atoms with Crippen molar-refractivity contribution in [2.45, 2.75) is 19.5 Å². The van der Waals surface area contributed by atoms with Crippen molar-refractivity contribution in [2.75, 3.05) is 6.61 Å². The molecule has 6 nitrogen and oxygen atoms in total. The number of halogens is 3. The van der Waals surface area contributed by atoms with Gasteiger partial charge >= 0.3 is 6.03 Å². The molecule has 1 aromatic heterocycles. The molecule has 0 saturated heterocycles. The molecule has 2 rings (SSSR count). The number of aromatic nitrogens is 2. The van der Waals surface area contributed by atoms with Gasteiger partial charge in [-0.25, -0.2) is 27.9 Å². The molecule has 24 heavy (non-hydrogen) atoms. The van der Waals surface area contributed by atoms with Gasteiger partial charge in [-0.2, -0.15) is 0 Å². The molecule has 0 aliphatic carbocycles. The topological polar surface area (TPSA) is 87.1 Å². The van der Waals surface area contributed by atoms with Crippen LogP contribution in [0.15, 0.2) is 24.4 Å². The zero-order valence-electron chi connectivity index (χ0n) is 12.7. The second-order valence-electron chi connectivity index (χ2n) is 4.96. The van der Waals surface area contributed by atoms with Crippen LogP contribution >= 0.6 is 0 Å². The average Bonchev–Trinajstić information content (AvgIpc) is 2.55. The van der Waals surface area contributed by atoms with Crippen molar-refractivity contribution in [3.8, 4) is 0 Å². The van der Waals surface area contributed by atoms with Crippen LogP contribution in [0.5, 0.6) is 0 Å². The van der Waals surface area contributed by atoms with E-state index < -0.39 is 36.1 Å². The highest BCUT2D eigenvalue weighted by Crippen LogP contribution is 2.19. The zero-order valence-corrected chi connectivity index (χ0v) is 12.7. The normalized spacial score (nSPS) is 11.9. The Morgan fingerprint density at radius 1 is 1.29 bits per heavy atom. The minimum Gasteiger partial charge on any atom is -0.394 e. The summed E-state index contributed by atoms with van der Waals surface area (Å²) in [5, 5.41) is 14.1. The molecule has 2 aromatic rings. The van der Waals surface area contributed by atoms with Gasteiger partial charge in [0.2, 0.25) is 0 Å². The minimum atomic E-state index is -1.61. The Bertz CT molecular complexity index is 719. The number of carbonyl (C=O) groups is 1. The lowest BCUT2D eigenvalue weighted by atomic mass is 10.1. The van der Waals surface area contributed by atoms with E-state index in [-0.39, 0.29) is 12.1 Å². The van der Waals surface area contributed by atoms with Crippen LogP contribution in [0.1, 0.15) is 23.1 Å². The summed E-state index contributed by atoms with van der Waals surface area (Å²) < 4.78 is 39.4. The maximum atomic E-state index is 13.2. The molecule has 1 aromatic carbocycles. The monoisotopic (exact) mass is 340 g/mol. The molecule has 0 aliphatic rings. The molecule has 0 fully saturated rings. The Hall–Kier alpha value is -2.68. The molecular formula is C15H15F3N4O2. The third kappa shape index (κ3) is 4.42. The van der Waals surface area contributed by atoms with Crippen molar-refractivity contribution in [1.29, 1.82) is 0 Å². The van der Waals surface area contributed by atoms with Crippen molar-refractivity contribution >= 4 is 6.03 Å². The molecule has 128 valence electrons. The number of nitrogens with zero attached hydrogens (tertiary/aromatic N) is 2. The molecule has 0 spiro atoms. The van der Waals surface area contributed by atoms with Gasteiger partial charge in [-0.1, -0.05) is 0 Å². The largest absolute Gasteiger partial charge is 0.394 e. The first-order valence-corrected chi connectivity index (χ1v) is 6.99. The van der Waals surface area contributed by atoms with Crippen molar-refractivity contribution in [1.82, 2.24) is 20.6 Å². The Morgan fingerprint density at radius 3 is 2.54 bits per heavy atom. The summed E-state index contributed by atoms with van der Waals surface area (Å²) in [4.78, 5) is 19.9. The van der Waals surface area contributed by atoms with E-state index in [1.165, 1.54) is 6.20 Å². The van der Waals surface area contributed by atoms with Crippen molar-refractivity contribution < 1.29 is 23.1 Å². The van der Waals surface area contributed by atoms with Gasteiger partial charge in [0.1, 0.15) is 5.82 Å². The molecule has 2 amide bonds. The Balaban J connectivity index is 2.00. The first-order valence-electron chi connectivity index (χ1n) is 6.99. The highest BCUT2D eigenvalue weighted by atomic mass is 19.2. The van der Waals surface area contributed by atoms with Gasteiger partial charge < -0.3 is 15.7 Å². The number of carbonyl (C=O) groups excluding carboxylic acids is 1. The van der Waals surface area contributed by atoms with E-state index in [0.717, 1.165) is 0 Å². The smallest absolute Gasteiger partial charge is 0.315 e. The maximum Gasteiger partial charge on any atom is 0.315 e. The summed E-state index contributed by atoms with van der Waals surface area (Å²) in [5.41, 5.74) is 0.471. The number of nitrogens with one attached hydrogen (secondary N) is 2. The van der Waals surface area contributed by atoms with Crippen molar-refractivity contribution in [3.63, 3.8) is 0 Å². The SMILES string of the molecule is Cc1nccc(CNC(=O)NC(CO)c2cc(F)c(F)c(F)c2)n1. The molecule has 1 unspecified atom stereocenters. The van der Waals surface area contributed by atoms with E-state index in [4.69, 9.17) is 0 Å². The molecule has 0 saturated carbocycles. The number of hydrogen-bond acceptors (Lipinski definition) is 4. The van der Waals surface area contributed by atoms with E-state index >= 15 is 0 Å². The van der Waals surface area contributed by atoms with Gasteiger partial charge in [0.15, 0.2) is 17.5 Å².